The first-order chi connectivity index (χ1) is 8.71. The number of nitrogens with zero attached hydrogens (tertiary/aromatic N) is 2. The first kappa shape index (κ1) is 14.4. The second-order valence-corrected chi connectivity index (χ2v) is 4.44. The van der Waals surface area contributed by atoms with Crippen LogP contribution in [0.4, 0.5) is 0 Å². The first-order valence-electron chi connectivity index (χ1n) is 6.36. The molecule has 0 fully saturated rings. The van der Waals surface area contributed by atoms with E-state index in [0.29, 0.717) is 6.17 Å². The molecular formula is C16H24N2. The zero-order valence-electron chi connectivity index (χ0n) is 11.4. The Morgan fingerprint density at radius 2 is 1.56 bits per heavy atom. The van der Waals surface area contributed by atoms with Crippen LogP contribution in [0.15, 0.2) is 62.0 Å². The molecule has 1 aliphatic rings. The van der Waals surface area contributed by atoms with Crippen molar-refractivity contribution >= 4 is 0 Å². The molecule has 0 aliphatic carbocycles. The van der Waals surface area contributed by atoms with Crippen LogP contribution in [-0.2, 0) is 0 Å². The summed E-state index contributed by atoms with van der Waals surface area (Å²) in [6, 6.07) is 0. The molecule has 0 spiro atoms. The molecule has 0 saturated carbocycles. The fraction of sp³-hybridized carbons (Fsp3) is 0.375. The summed E-state index contributed by atoms with van der Waals surface area (Å²) in [6.45, 7) is 16.3. The quantitative estimate of drug-likeness (QED) is 0.601. The number of hydrogen-bond acceptors (Lipinski definition) is 2. The van der Waals surface area contributed by atoms with Gasteiger partial charge in [-0.1, -0.05) is 24.3 Å². The Morgan fingerprint density at radius 3 is 2.06 bits per heavy atom. The normalized spacial score (nSPS) is 19.1. The van der Waals surface area contributed by atoms with E-state index in [1.165, 1.54) is 11.4 Å². The van der Waals surface area contributed by atoms with Gasteiger partial charge in [-0.2, -0.15) is 0 Å². The number of rotatable bonds is 8. The van der Waals surface area contributed by atoms with E-state index in [2.05, 4.69) is 43.2 Å². The third-order valence-electron chi connectivity index (χ3n) is 3.29. The minimum absolute atomic E-state index is 0.338. The van der Waals surface area contributed by atoms with Crippen LogP contribution in [0.5, 0.6) is 0 Å². The third kappa shape index (κ3) is 2.76. The van der Waals surface area contributed by atoms with Gasteiger partial charge in [0.2, 0.25) is 0 Å². The summed E-state index contributed by atoms with van der Waals surface area (Å²) in [7, 11) is 2.14. The minimum Gasteiger partial charge on any atom is -0.356 e. The molecule has 0 N–H and O–H groups in total. The van der Waals surface area contributed by atoms with Crippen LogP contribution in [-0.4, -0.2) is 29.6 Å². The van der Waals surface area contributed by atoms with Gasteiger partial charge in [-0.25, -0.2) is 0 Å². The van der Waals surface area contributed by atoms with Crippen molar-refractivity contribution in [2.24, 2.45) is 0 Å². The van der Waals surface area contributed by atoms with Gasteiger partial charge in [-0.05, 0) is 0 Å². The summed E-state index contributed by atoms with van der Waals surface area (Å²) in [5.74, 6) is 0. The highest BCUT2D eigenvalue weighted by molar-refractivity contribution is 5.24. The molecule has 0 saturated heterocycles. The zero-order valence-corrected chi connectivity index (χ0v) is 11.4. The van der Waals surface area contributed by atoms with Crippen molar-refractivity contribution in [2.75, 3.05) is 13.6 Å². The zero-order chi connectivity index (χ0) is 13.5. The van der Waals surface area contributed by atoms with E-state index in [1.807, 2.05) is 24.3 Å². The summed E-state index contributed by atoms with van der Waals surface area (Å²) in [5.41, 5.74) is 2.66. The minimum atomic E-state index is 0.338. The third-order valence-corrected chi connectivity index (χ3v) is 3.29. The molecule has 98 valence electrons. The van der Waals surface area contributed by atoms with Crippen LogP contribution < -0.4 is 0 Å². The van der Waals surface area contributed by atoms with Gasteiger partial charge in [0.25, 0.3) is 0 Å². The number of allylic oxidation sites excluding steroid dienone is 2. The predicted octanol–water partition coefficient (Wildman–Crippen LogP) is 3.69. The molecule has 18 heavy (non-hydrogen) atoms. The fourth-order valence-electron chi connectivity index (χ4n) is 2.51. The second-order valence-electron chi connectivity index (χ2n) is 4.44. The average Bonchev–Trinajstić information content (AvgIpc) is 2.58. The van der Waals surface area contributed by atoms with E-state index in [4.69, 9.17) is 0 Å². The molecule has 0 aromatic heterocycles. The standard InChI is InChI=1S/C16H24N2/c1-6-10-14-15(11-7-2)18(13-9-4)16(12-8-3)17(14)5/h6-9,16H,1-4,10-13H2,5H3. The van der Waals surface area contributed by atoms with Gasteiger partial charge >= 0.3 is 0 Å². The maximum Gasteiger partial charge on any atom is 0.105 e. The van der Waals surface area contributed by atoms with Gasteiger partial charge in [-0.15, -0.1) is 26.3 Å². The lowest BCUT2D eigenvalue weighted by atomic mass is 10.2. The van der Waals surface area contributed by atoms with Gasteiger partial charge in [0, 0.05) is 44.2 Å². The molecule has 1 unspecified atom stereocenters. The summed E-state index contributed by atoms with van der Waals surface area (Å²) >= 11 is 0. The molecule has 1 heterocycles. The van der Waals surface area contributed by atoms with Crippen LogP contribution in [0.25, 0.3) is 0 Å². The Labute approximate surface area is 111 Å². The molecule has 0 aromatic carbocycles. The lowest BCUT2D eigenvalue weighted by Crippen LogP contribution is -2.38. The van der Waals surface area contributed by atoms with Crippen LogP contribution in [0.2, 0.25) is 0 Å². The fourth-order valence-corrected chi connectivity index (χ4v) is 2.51. The first-order valence-corrected chi connectivity index (χ1v) is 6.36. The summed E-state index contributed by atoms with van der Waals surface area (Å²) < 4.78 is 0. The molecule has 0 radical (unpaired) electrons. The Morgan fingerprint density at radius 1 is 0.944 bits per heavy atom. The molecular weight excluding hydrogens is 220 g/mol. The van der Waals surface area contributed by atoms with E-state index in [1.54, 1.807) is 0 Å². The lowest BCUT2D eigenvalue weighted by molar-refractivity contribution is 0.174. The van der Waals surface area contributed by atoms with Gasteiger partial charge in [0.05, 0.1) is 0 Å². The molecule has 1 rings (SSSR count). The van der Waals surface area contributed by atoms with Crippen LogP contribution in [0.3, 0.4) is 0 Å². The maximum atomic E-state index is 3.86. The average molecular weight is 244 g/mol. The Balaban J connectivity index is 3.10. The summed E-state index contributed by atoms with van der Waals surface area (Å²) in [5, 5.41) is 0. The van der Waals surface area contributed by atoms with Crippen molar-refractivity contribution in [2.45, 2.75) is 25.4 Å². The maximum absolute atomic E-state index is 3.86. The van der Waals surface area contributed by atoms with Crippen molar-refractivity contribution in [3.8, 4) is 0 Å². The van der Waals surface area contributed by atoms with Gasteiger partial charge in [0.1, 0.15) is 6.17 Å². The van der Waals surface area contributed by atoms with Crippen molar-refractivity contribution in [1.82, 2.24) is 9.80 Å². The SMILES string of the molecule is C=CCC1=C(CC=C)N(CC=C)C(CC=C)N1C. The van der Waals surface area contributed by atoms with E-state index >= 15 is 0 Å². The van der Waals surface area contributed by atoms with Crippen LogP contribution in [0, 0.1) is 0 Å². The van der Waals surface area contributed by atoms with E-state index in [-0.39, 0.29) is 0 Å². The lowest BCUT2D eigenvalue weighted by Gasteiger charge is -2.31. The highest BCUT2D eigenvalue weighted by Gasteiger charge is 2.32. The second kappa shape index (κ2) is 6.90. The smallest absolute Gasteiger partial charge is 0.105 e. The number of hydrogen-bond donors (Lipinski definition) is 0. The van der Waals surface area contributed by atoms with Crippen molar-refractivity contribution in [3.05, 3.63) is 62.0 Å². The van der Waals surface area contributed by atoms with E-state index in [9.17, 15) is 0 Å². The molecule has 1 aliphatic heterocycles. The predicted molar refractivity (Wildman–Crippen MR) is 79.9 cm³/mol. The van der Waals surface area contributed by atoms with Crippen molar-refractivity contribution < 1.29 is 0 Å². The van der Waals surface area contributed by atoms with Crippen LogP contribution >= 0.6 is 0 Å². The van der Waals surface area contributed by atoms with Gasteiger partial charge in [-0.3, -0.25) is 0 Å². The monoisotopic (exact) mass is 244 g/mol. The molecule has 2 nitrogen and oxygen atoms in total. The van der Waals surface area contributed by atoms with Gasteiger partial charge in [0.15, 0.2) is 0 Å². The van der Waals surface area contributed by atoms with E-state index < -0.39 is 0 Å². The molecule has 0 bridgehead atoms. The molecule has 2 heteroatoms. The molecule has 1 atom stereocenters. The molecule has 0 amide bonds. The highest BCUT2D eigenvalue weighted by Crippen LogP contribution is 2.33. The van der Waals surface area contributed by atoms with Crippen LogP contribution in [0.1, 0.15) is 19.3 Å². The Bertz CT molecular complexity index is 365. The van der Waals surface area contributed by atoms with Gasteiger partial charge < -0.3 is 9.80 Å². The highest BCUT2D eigenvalue weighted by atomic mass is 15.4. The topological polar surface area (TPSA) is 6.48 Å². The van der Waals surface area contributed by atoms with Crippen molar-refractivity contribution in [3.63, 3.8) is 0 Å². The van der Waals surface area contributed by atoms with Crippen molar-refractivity contribution in [1.29, 1.82) is 0 Å². The molecule has 0 aromatic rings. The largest absolute Gasteiger partial charge is 0.356 e. The Hall–Kier alpha value is -1.70. The Kier molecular flexibility index (Phi) is 5.50. The summed E-state index contributed by atoms with van der Waals surface area (Å²) in [6.07, 6.45) is 10.9. The summed E-state index contributed by atoms with van der Waals surface area (Å²) in [4.78, 5) is 4.71. The van der Waals surface area contributed by atoms with E-state index in [0.717, 1.165) is 25.8 Å².